The average Bonchev–Trinajstić information content (AvgIpc) is 2.27. The summed E-state index contributed by atoms with van der Waals surface area (Å²) in [6, 6.07) is 3.26. The van der Waals surface area contributed by atoms with E-state index in [0.29, 0.717) is 21.4 Å². The van der Waals surface area contributed by atoms with Crippen molar-refractivity contribution < 1.29 is 14.6 Å². The minimum absolute atomic E-state index is 0.0855. The van der Waals surface area contributed by atoms with E-state index in [0.717, 1.165) is 0 Å². The first kappa shape index (κ1) is 14.5. The van der Waals surface area contributed by atoms with Crippen molar-refractivity contribution >= 4 is 23.2 Å². The van der Waals surface area contributed by atoms with Crippen molar-refractivity contribution in [2.24, 2.45) is 5.73 Å². The molecule has 6 heteroatoms. The maximum Gasteiger partial charge on any atom is 0.142 e. The Morgan fingerprint density at radius 1 is 1.35 bits per heavy atom. The summed E-state index contributed by atoms with van der Waals surface area (Å²) in [4.78, 5) is 0. The molecule has 0 fully saturated rings. The molecule has 1 atom stereocenters. The smallest absolute Gasteiger partial charge is 0.142 e. The molecular formula is C11H15Cl2NO3. The normalized spacial score (nSPS) is 12.5. The number of hydrogen-bond acceptors (Lipinski definition) is 4. The Morgan fingerprint density at radius 2 is 2.06 bits per heavy atom. The molecule has 0 bridgehead atoms. The van der Waals surface area contributed by atoms with Crippen LogP contribution in [0.5, 0.6) is 5.75 Å². The highest BCUT2D eigenvalue weighted by molar-refractivity contribution is 6.35. The summed E-state index contributed by atoms with van der Waals surface area (Å²) >= 11 is 11.8. The van der Waals surface area contributed by atoms with Crippen molar-refractivity contribution in [1.82, 2.24) is 0 Å². The van der Waals surface area contributed by atoms with E-state index in [1.165, 1.54) is 7.11 Å². The second kappa shape index (κ2) is 7.03. The van der Waals surface area contributed by atoms with Gasteiger partial charge in [0.15, 0.2) is 0 Å². The highest BCUT2D eigenvalue weighted by Gasteiger charge is 2.12. The van der Waals surface area contributed by atoms with Gasteiger partial charge < -0.3 is 20.3 Å². The molecule has 0 aliphatic heterocycles. The molecule has 0 radical (unpaired) electrons. The largest absolute Gasteiger partial charge is 0.489 e. The van der Waals surface area contributed by atoms with Gasteiger partial charge in [0, 0.05) is 24.2 Å². The van der Waals surface area contributed by atoms with Crippen molar-refractivity contribution in [1.29, 1.82) is 0 Å². The third kappa shape index (κ3) is 4.33. The summed E-state index contributed by atoms with van der Waals surface area (Å²) in [5, 5.41) is 10.3. The molecule has 96 valence electrons. The highest BCUT2D eigenvalue weighted by atomic mass is 35.5. The van der Waals surface area contributed by atoms with Crippen LogP contribution in [0.15, 0.2) is 12.1 Å². The Kier molecular flexibility index (Phi) is 6.02. The fraction of sp³-hybridized carbons (Fsp3) is 0.455. The minimum Gasteiger partial charge on any atom is -0.489 e. The summed E-state index contributed by atoms with van der Waals surface area (Å²) < 4.78 is 10.2. The number of methoxy groups -OCH3 is 1. The first-order valence-electron chi connectivity index (χ1n) is 5.06. The molecule has 1 unspecified atom stereocenters. The van der Waals surface area contributed by atoms with Gasteiger partial charge in [0.05, 0.1) is 11.6 Å². The standard InChI is InChI=1S/C11H15Cl2NO3/c1-16-5-9(15)6-17-11-7(4-14)2-8(12)3-10(11)13/h2-3,9,15H,4-6,14H2,1H3. The van der Waals surface area contributed by atoms with Crippen LogP contribution in [0.25, 0.3) is 0 Å². The van der Waals surface area contributed by atoms with E-state index < -0.39 is 6.10 Å². The summed E-state index contributed by atoms with van der Waals surface area (Å²) in [5.74, 6) is 0.453. The van der Waals surface area contributed by atoms with Gasteiger partial charge in [-0.15, -0.1) is 0 Å². The number of rotatable bonds is 6. The topological polar surface area (TPSA) is 64.7 Å². The monoisotopic (exact) mass is 279 g/mol. The third-order valence-electron chi connectivity index (χ3n) is 2.08. The second-order valence-corrected chi connectivity index (χ2v) is 4.34. The SMILES string of the molecule is COCC(O)COc1c(Cl)cc(Cl)cc1CN. The van der Waals surface area contributed by atoms with Crippen molar-refractivity contribution in [3.05, 3.63) is 27.7 Å². The second-order valence-electron chi connectivity index (χ2n) is 3.50. The van der Waals surface area contributed by atoms with Gasteiger partial charge in [0.2, 0.25) is 0 Å². The third-order valence-corrected chi connectivity index (χ3v) is 2.58. The van der Waals surface area contributed by atoms with Gasteiger partial charge in [-0.05, 0) is 12.1 Å². The van der Waals surface area contributed by atoms with Crippen molar-refractivity contribution in [2.45, 2.75) is 12.6 Å². The lowest BCUT2D eigenvalue weighted by Gasteiger charge is -2.15. The summed E-state index contributed by atoms with van der Waals surface area (Å²) in [6.07, 6.45) is -0.711. The summed E-state index contributed by atoms with van der Waals surface area (Å²) in [6.45, 7) is 0.543. The molecule has 0 amide bonds. The average molecular weight is 280 g/mol. The van der Waals surface area contributed by atoms with Gasteiger partial charge in [-0.25, -0.2) is 0 Å². The first-order chi connectivity index (χ1) is 8.08. The van der Waals surface area contributed by atoms with E-state index in [4.69, 9.17) is 38.4 Å². The van der Waals surface area contributed by atoms with Crippen LogP contribution in [0.3, 0.4) is 0 Å². The molecule has 0 heterocycles. The fourth-order valence-corrected chi connectivity index (χ4v) is 1.94. The molecular weight excluding hydrogens is 265 g/mol. The van der Waals surface area contributed by atoms with Crippen LogP contribution in [-0.4, -0.2) is 31.5 Å². The van der Waals surface area contributed by atoms with Crippen LogP contribution in [0.4, 0.5) is 0 Å². The van der Waals surface area contributed by atoms with Gasteiger partial charge in [0.25, 0.3) is 0 Å². The number of nitrogens with two attached hydrogens (primary N) is 1. The molecule has 1 rings (SSSR count). The molecule has 0 saturated heterocycles. The Balaban J connectivity index is 2.76. The number of benzene rings is 1. The van der Waals surface area contributed by atoms with Crippen LogP contribution in [0.1, 0.15) is 5.56 Å². The Labute approximate surface area is 110 Å². The van der Waals surface area contributed by atoms with Gasteiger partial charge in [0.1, 0.15) is 18.5 Å². The quantitative estimate of drug-likeness (QED) is 0.834. The predicted octanol–water partition coefficient (Wildman–Crippen LogP) is 1.84. The van der Waals surface area contributed by atoms with Crippen molar-refractivity contribution in [2.75, 3.05) is 20.3 Å². The maximum atomic E-state index is 9.47. The van der Waals surface area contributed by atoms with E-state index in [1.54, 1.807) is 12.1 Å². The van der Waals surface area contributed by atoms with Crippen molar-refractivity contribution in [3.63, 3.8) is 0 Å². The molecule has 0 aromatic heterocycles. The molecule has 1 aromatic carbocycles. The molecule has 0 saturated carbocycles. The molecule has 0 aliphatic rings. The van der Waals surface area contributed by atoms with Crippen LogP contribution < -0.4 is 10.5 Å². The molecule has 1 aromatic rings. The van der Waals surface area contributed by atoms with Gasteiger partial charge >= 0.3 is 0 Å². The van der Waals surface area contributed by atoms with Crippen molar-refractivity contribution in [3.8, 4) is 5.75 Å². The Morgan fingerprint density at radius 3 is 2.65 bits per heavy atom. The van der Waals surface area contributed by atoms with E-state index >= 15 is 0 Å². The predicted molar refractivity (Wildman–Crippen MR) is 67.7 cm³/mol. The number of ether oxygens (including phenoxy) is 2. The van der Waals surface area contributed by atoms with Gasteiger partial charge in [-0.1, -0.05) is 23.2 Å². The number of aliphatic hydroxyl groups is 1. The zero-order chi connectivity index (χ0) is 12.8. The zero-order valence-electron chi connectivity index (χ0n) is 9.45. The van der Waals surface area contributed by atoms with E-state index in [-0.39, 0.29) is 19.8 Å². The molecule has 0 spiro atoms. The minimum atomic E-state index is -0.711. The van der Waals surface area contributed by atoms with E-state index in [9.17, 15) is 5.11 Å². The first-order valence-corrected chi connectivity index (χ1v) is 5.81. The Hall–Kier alpha value is -0.520. The van der Waals surface area contributed by atoms with Crippen LogP contribution in [0, 0.1) is 0 Å². The van der Waals surface area contributed by atoms with Gasteiger partial charge in [-0.3, -0.25) is 0 Å². The van der Waals surface area contributed by atoms with Crippen LogP contribution in [-0.2, 0) is 11.3 Å². The van der Waals surface area contributed by atoms with Gasteiger partial charge in [-0.2, -0.15) is 0 Å². The molecule has 3 N–H and O–H groups in total. The number of halogens is 2. The van der Waals surface area contributed by atoms with E-state index in [1.807, 2.05) is 0 Å². The summed E-state index contributed by atoms with van der Waals surface area (Å²) in [5.41, 5.74) is 6.27. The fourth-order valence-electron chi connectivity index (χ4n) is 1.35. The van der Waals surface area contributed by atoms with Crippen LogP contribution in [0.2, 0.25) is 10.0 Å². The molecule has 17 heavy (non-hydrogen) atoms. The van der Waals surface area contributed by atoms with E-state index in [2.05, 4.69) is 0 Å². The molecule has 4 nitrogen and oxygen atoms in total. The summed E-state index contributed by atoms with van der Waals surface area (Å²) in [7, 11) is 1.50. The highest BCUT2D eigenvalue weighted by Crippen LogP contribution is 2.32. The Bertz CT molecular complexity index is 374. The molecule has 0 aliphatic carbocycles. The lowest BCUT2D eigenvalue weighted by atomic mass is 10.2. The lowest BCUT2D eigenvalue weighted by molar-refractivity contribution is 0.0323. The number of hydrogen-bond donors (Lipinski definition) is 2. The lowest BCUT2D eigenvalue weighted by Crippen LogP contribution is -2.23. The zero-order valence-corrected chi connectivity index (χ0v) is 11.0. The number of aliphatic hydroxyl groups excluding tert-OH is 1. The maximum absolute atomic E-state index is 9.47. The van der Waals surface area contributed by atoms with Crippen LogP contribution >= 0.6 is 23.2 Å².